The van der Waals surface area contributed by atoms with E-state index in [1.807, 2.05) is 42.5 Å². The highest BCUT2D eigenvalue weighted by Crippen LogP contribution is 2.34. The number of aliphatic hydroxyl groups excluding tert-OH is 1. The Kier molecular flexibility index (Phi) is 5.68. The molecule has 1 fully saturated rings. The lowest BCUT2D eigenvalue weighted by molar-refractivity contribution is 0.0526. The van der Waals surface area contributed by atoms with E-state index >= 15 is 0 Å². The standard InChI is InChI=1S/C20H24N2O3/c1-2-25-20(24)17-8-10-18(11-9-17)22-13-12-21(14-15-23)19(22)16-6-4-3-5-7-16/h3-11,19,23H,2,12-15H2,1H3. The van der Waals surface area contributed by atoms with Gasteiger partial charge in [-0.25, -0.2) is 4.79 Å². The first-order chi connectivity index (χ1) is 12.2. The lowest BCUT2D eigenvalue weighted by Crippen LogP contribution is -2.32. The van der Waals surface area contributed by atoms with Crippen molar-refractivity contribution in [1.82, 2.24) is 4.90 Å². The zero-order chi connectivity index (χ0) is 17.6. The van der Waals surface area contributed by atoms with Crippen LogP contribution in [0.1, 0.15) is 29.0 Å². The summed E-state index contributed by atoms with van der Waals surface area (Å²) in [5, 5.41) is 9.38. The van der Waals surface area contributed by atoms with E-state index in [1.54, 1.807) is 6.92 Å². The van der Waals surface area contributed by atoms with Crippen molar-refractivity contribution in [2.45, 2.75) is 13.1 Å². The fourth-order valence-electron chi connectivity index (χ4n) is 3.33. The summed E-state index contributed by atoms with van der Waals surface area (Å²) in [5.41, 5.74) is 2.82. The van der Waals surface area contributed by atoms with Gasteiger partial charge in [0, 0.05) is 25.3 Å². The van der Waals surface area contributed by atoms with Crippen LogP contribution >= 0.6 is 0 Å². The first-order valence-corrected chi connectivity index (χ1v) is 8.68. The van der Waals surface area contributed by atoms with E-state index in [1.165, 1.54) is 5.56 Å². The molecule has 1 unspecified atom stereocenters. The lowest BCUT2D eigenvalue weighted by Gasteiger charge is -2.32. The average Bonchev–Trinajstić information content (AvgIpc) is 3.07. The van der Waals surface area contributed by atoms with Crippen LogP contribution in [0.3, 0.4) is 0 Å². The summed E-state index contributed by atoms with van der Waals surface area (Å²) in [4.78, 5) is 16.4. The Morgan fingerprint density at radius 3 is 2.48 bits per heavy atom. The molecule has 0 radical (unpaired) electrons. The molecule has 1 aliphatic heterocycles. The summed E-state index contributed by atoms with van der Waals surface area (Å²) < 4.78 is 5.04. The number of nitrogens with zero attached hydrogens (tertiary/aromatic N) is 2. The zero-order valence-corrected chi connectivity index (χ0v) is 14.5. The number of carbonyl (C=O) groups is 1. The number of ether oxygens (including phenoxy) is 1. The Morgan fingerprint density at radius 2 is 1.84 bits per heavy atom. The molecule has 0 saturated carbocycles. The van der Waals surface area contributed by atoms with Crippen molar-refractivity contribution in [2.75, 3.05) is 37.7 Å². The predicted molar refractivity (Wildman–Crippen MR) is 97.6 cm³/mol. The van der Waals surface area contributed by atoms with E-state index in [9.17, 15) is 9.90 Å². The second-order valence-corrected chi connectivity index (χ2v) is 6.00. The van der Waals surface area contributed by atoms with Crippen molar-refractivity contribution in [2.24, 2.45) is 0 Å². The molecule has 0 bridgehead atoms. The van der Waals surface area contributed by atoms with Crippen LogP contribution < -0.4 is 4.90 Å². The Labute approximate surface area is 148 Å². The average molecular weight is 340 g/mol. The number of rotatable bonds is 6. The molecule has 5 heteroatoms. The van der Waals surface area contributed by atoms with E-state index in [-0.39, 0.29) is 18.7 Å². The lowest BCUT2D eigenvalue weighted by atomic mass is 10.1. The third-order valence-corrected chi connectivity index (χ3v) is 4.46. The van der Waals surface area contributed by atoms with Gasteiger partial charge in [-0.15, -0.1) is 0 Å². The summed E-state index contributed by atoms with van der Waals surface area (Å²) in [6, 6.07) is 17.8. The molecule has 0 aromatic heterocycles. The fourth-order valence-corrected chi connectivity index (χ4v) is 3.33. The molecular weight excluding hydrogens is 316 g/mol. The zero-order valence-electron chi connectivity index (χ0n) is 14.5. The Hall–Kier alpha value is -2.37. The molecule has 1 aliphatic rings. The van der Waals surface area contributed by atoms with Gasteiger partial charge in [-0.3, -0.25) is 4.90 Å². The van der Waals surface area contributed by atoms with Gasteiger partial charge in [0.1, 0.15) is 6.17 Å². The van der Waals surface area contributed by atoms with Gasteiger partial charge in [-0.05, 0) is 36.8 Å². The molecule has 3 rings (SSSR count). The molecule has 1 N–H and O–H groups in total. The molecule has 25 heavy (non-hydrogen) atoms. The minimum atomic E-state index is -0.294. The Balaban J connectivity index is 1.85. The normalized spacial score (nSPS) is 17.7. The second-order valence-electron chi connectivity index (χ2n) is 6.00. The summed E-state index contributed by atoms with van der Waals surface area (Å²) in [6.07, 6.45) is 0.0850. The van der Waals surface area contributed by atoms with Crippen molar-refractivity contribution in [3.8, 4) is 0 Å². The number of esters is 1. The van der Waals surface area contributed by atoms with Crippen molar-refractivity contribution in [3.63, 3.8) is 0 Å². The highest BCUT2D eigenvalue weighted by molar-refractivity contribution is 5.89. The molecule has 5 nitrogen and oxygen atoms in total. The summed E-state index contributed by atoms with van der Waals surface area (Å²) >= 11 is 0. The van der Waals surface area contributed by atoms with E-state index in [0.29, 0.717) is 18.7 Å². The molecular formula is C20H24N2O3. The van der Waals surface area contributed by atoms with Crippen LogP contribution in [-0.2, 0) is 4.74 Å². The number of hydrogen-bond acceptors (Lipinski definition) is 5. The number of β-amino-alcohol motifs (C(OH)–C–C–N with tert-alkyl or cyclic N) is 1. The van der Waals surface area contributed by atoms with Crippen molar-refractivity contribution < 1.29 is 14.6 Å². The van der Waals surface area contributed by atoms with E-state index in [2.05, 4.69) is 21.9 Å². The van der Waals surface area contributed by atoms with Gasteiger partial charge in [0.2, 0.25) is 0 Å². The van der Waals surface area contributed by atoms with Gasteiger partial charge in [0.05, 0.1) is 18.8 Å². The van der Waals surface area contributed by atoms with E-state index in [4.69, 9.17) is 4.74 Å². The SMILES string of the molecule is CCOC(=O)c1ccc(N2CCN(CCO)C2c2ccccc2)cc1. The Bertz CT molecular complexity index is 688. The topological polar surface area (TPSA) is 53.0 Å². The van der Waals surface area contributed by atoms with Gasteiger partial charge < -0.3 is 14.7 Å². The van der Waals surface area contributed by atoms with Crippen LogP contribution in [0, 0.1) is 0 Å². The van der Waals surface area contributed by atoms with Crippen molar-refractivity contribution in [1.29, 1.82) is 0 Å². The van der Waals surface area contributed by atoms with Crippen LogP contribution in [0.2, 0.25) is 0 Å². The number of anilines is 1. The highest BCUT2D eigenvalue weighted by atomic mass is 16.5. The van der Waals surface area contributed by atoms with Gasteiger partial charge in [-0.2, -0.15) is 0 Å². The van der Waals surface area contributed by atoms with Gasteiger partial charge in [0.25, 0.3) is 0 Å². The molecule has 0 spiro atoms. The number of carbonyl (C=O) groups excluding carboxylic acids is 1. The van der Waals surface area contributed by atoms with Crippen LogP contribution in [0.15, 0.2) is 54.6 Å². The first kappa shape index (κ1) is 17.5. The maximum absolute atomic E-state index is 11.8. The van der Waals surface area contributed by atoms with Gasteiger partial charge >= 0.3 is 5.97 Å². The maximum atomic E-state index is 11.8. The van der Waals surface area contributed by atoms with Crippen LogP contribution in [0.25, 0.3) is 0 Å². The largest absolute Gasteiger partial charge is 0.462 e. The monoisotopic (exact) mass is 340 g/mol. The van der Waals surface area contributed by atoms with Crippen LogP contribution in [0.5, 0.6) is 0 Å². The highest BCUT2D eigenvalue weighted by Gasteiger charge is 2.32. The van der Waals surface area contributed by atoms with Crippen molar-refractivity contribution >= 4 is 11.7 Å². The van der Waals surface area contributed by atoms with Crippen molar-refractivity contribution in [3.05, 3.63) is 65.7 Å². The molecule has 0 amide bonds. The van der Waals surface area contributed by atoms with Crippen LogP contribution in [0.4, 0.5) is 5.69 Å². The number of benzene rings is 2. The summed E-state index contributed by atoms with van der Waals surface area (Å²) in [7, 11) is 0. The maximum Gasteiger partial charge on any atom is 0.338 e. The quantitative estimate of drug-likeness (QED) is 0.820. The minimum Gasteiger partial charge on any atom is -0.462 e. The molecule has 2 aromatic rings. The summed E-state index contributed by atoms with van der Waals surface area (Å²) in [6.45, 7) is 4.71. The molecule has 132 valence electrons. The van der Waals surface area contributed by atoms with Gasteiger partial charge in [-0.1, -0.05) is 30.3 Å². The summed E-state index contributed by atoms with van der Waals surface area (Å²) in [5.74, 6) is -0.294. The smallest absolute Gasteiger partial charge is 0.338 e. The van der Waals surface area contributed by atoms with E-state index in [0.717, 1.165) is 18.8 Å². The van der Waals surface area contributed by atoms with Crippen LogP contribution in [-0.4, -0.2) is 48.8 Å². The van der Waals surface area contributed by atoms with E-state index < -0.39 is 0 Å². The fraction of sp³-hybridized carbons (Fsp3) is 0.350. The molecule has 1 heterocycles. The predicted octanol–water partition coefficient (Wildman–Crippen LogP) is 2.68. The second kappa shape index (κ2) is 8.14. The molecule has 2 aromatic carbocycles. The number of aliphatic hydroxyl groups is 1. The molecule has 1 saturated heterocycles. The third-order valence-electron chi connectivity index (χ3n) is 4.46. The minimum absolute atomic E-state index is 0.0850. The third kappa shape index (κ3) is 3.83. The molecule has 1 atom stereocenters. The first-order valence-electron chi connectivity index (χ1n) is 8.68. The Morgan fingerprint density at radius 1 is 1.12 bits per heavy atom. The number of hydrogen-bond donors (Lipinski definition) is 1. The molecule has 0 aliphatic carbocycles. The van der Waals surface area contributed by atoms with Gasteiger partial charge in [0.15, 0.2) is 0 Å².